The first-order chi connectivity index (χ1) is 9.86. The first-order valence-electron chi connectivity index (χ1n) is 6.74. The number of likely N-dealkylation sites (tertiary alicyclic amines) is 1. The van der Waals surface area contributed by atoms with Gasteiger partial charge in [0.2, 0.25) is 5.91 Å². The third-order valence-electron chi connectivity index (χ3n) is 3.75. The molecule has 1 amide bonds. The van der Waals surface area contributed by atoms with Gasteiger partial charge in [-0.15, -0.1) is 0 Å². The van der Waals surface area contributed by atoms with Crippen molar-refractivity contribution in [3.05, 3.63) is 28.2 Å². The Balaban J connectivity index is 2.57. The van der Waals surface area contributed by atoms with Gasteiger partial charge >= 0.3 is 5.97 Å². The topological polar surface area (TPSA) is 66.8 Å². The summed E-state index contributed by atoms with van der Waals surface area (Å²) < 4.78 is 6.18. The molecule has 6 heteroatoms. The molecule has 1 aromatic rings. The van der Waals surface area contributed by atoms with E-state index in [2.05, 4.69) is 15.9 Å². The van der Waals surface area contributed by atoms with Gasteiger partial charge in [0.1, 0.15) is 5.75 Å². The lowest BCUT2D eigenvalue weighted by Gasteiger charge is -2.31. The second-order valence-electron chi connectivity index (χ2n) is 5.37. The lowest BCUT2D eigenvalue weighted by atomic mass is 9.92. The highest BCUT2D eigenvalue weighted by atomic mass is 79.9. The number of methoxy groups -OCH3 is 1. The molecule has 0 spiro atoms. The summed E-state index contributed by atoms with van der Waals surface area (Å²) in [5, 5.41) is 9.46. The molecule has 0 aliphatic carbocycles. The zero-order valence-corrected chi connectivity index (χ0v) is 13.8. The average molecular weight is 356 g/mol. The molecule has 1 saturated heterocycles. The number of aliphatic carboxylic acids is 1. The molecule has 0 saturated carbocycles. The molecular weight excluding hydrogens is 338 g/mol. The number of carbonyl (C=O) groups is 2. The fourth-order valence-electron chi connectivity index (χ4n) is 2.89. The maximum Gasteiger partial charge on any atom is 0.309 e. The van der Waals surface area contributed by atoms with Gasteiger partial charge in [0.05, 0.1) is 19.1 Å². The van der Waals surface area contributed by atoms with Crippen LogP contribution >= 0.6 is 15.9 Å². The number of ether oxygens (including phenoxy) is 1. The number of carboxylic acids is 1. The van der Waals surface area contributed by atoms with E-state index < -0.39 is 17.9 Å². The molecule has 114 valence electrons. The Hall–Kier alpha value is -1.56. The van der Waals surface area contributed by atoms with Crippen molar-refractivity contribution in [3.8, 4) is 5.75 Å². The minimum absolute atomic E-state index is 0.0217. The molecule has 2 unspecified atom stereocenters. The van der Waals surface area contributed by atoms with Crippen LogP contribution in [-0.4, -0.2) is 35.0 Å². The maximum atomic E-state index is 12.2. The molecule has 0 radical (unpaired) electrons. The monoisotopic (exact) mass is 355 g/mol. The molecule has 1 aromatic carbocycles. The first kappa shape index (κ1) is 15.8. The molecule has 1 aliphatic heterocycles. The Kier molecular flexibility index (Phi) is 4.56. The van der Waals surface area contributed by atoms with Gasteiger partial charge in [-0.2, -0.15) is 0 Å². The molecule has 1 fully saturated rings. The van der Waals surface area contributed by atoms with E-state index in [1.54, 1.807) is 18.1 Å². The summed E-state index contributed by atoms with van der Waals surface area (Å²) >= 11 is 3.40. The van der Waals surface area contributed by atoms with E-state index in [9.17, 15) is 14.7 Å². The number of carboxylic acid groups (broad SMARTS) is 1. The maximum absolute atomic E-state index is 12.2. The summed E-state index contributed by atoms with van der Waals surface area (Å²) in [5.41, 5.74) is 0.721. The van der Waals surface area contributed by atoms with E-state index in [-0.39, 0.29) is 18.4 Å². The minimum atomic E-state index is -0.960. The van der Waals surface area contributed by atoms with Gasteiger partial charge in [-0.25, -0.2) is 0 Å². The summed E-state index contributed by atoms with van der Waals surface area (Å²) in [5.74, 6) is -1.26. The molecule has 0 aromatic heterocycles. The molecule has 1 aliphatic rings. The molecule has 5 nitrogen and oxygen atoms in total. The predicted molar refractivity (Wildman–Crippen MR) is 81.2 cm³/mol. The van der Waals surface area contributed by atoms with Crippen LogP contribution in [0.15, 0.2) is 22.7 Å². The molecule has 21 heavy (non-hydrogen) atoms. The van der Waals surface area contributed by atoms with Gasteiger partial charge < -0.3 is 14.7 Å². The van der Waals surface area contributed by atoms with Crippen molar-refractivity contribution in [2.45, 2.75) is 32.4 Å². The molecular formula is C15H18BrNO4. The highest BCUT2D eigenvalue weighted by Gasteiger charge is 2.46. The normalized spacial score (nSPS) is 22.0. The van der Waals surface area contributed by atoms with Crippen LogP contribution in [0.25, 0.3) is 0 Å². The first-order valence-corrected chi connectivity index (χ1v) is 7.53. The van der Waals surface area contributed by atoms with Crippen molar-refractivity contribution in [1.29, 1.82) is 0 Å². The third kappa shape index (κ3) is 2.90. The van der Waals surface area contributed by atoms with E-state index in [4.69, 9.17) is 4.74 Å². The van der Waals surface area contributed by atoms with Crippen molar-refractivity contribution >= 4 is 27.8 Å². The van der Waals surface area contributed by atoms with Crippen LogP contribution in [0.3, 0.4) is 0 Å². The zero-order valence-electron chi connectivity index (χ0n) is 12.2. The van der Waals surface area contributed by atoms with Crippen molar-refractivity contribution < 1.29 is 19.4 Å². The summed E-state index contributed by atoms with van der Waals surface area (Å²) in [6, 6.07) is 4.85. The van der Waals surface area contributed by atoms with Crippen molar-refractivity contribution in [2.75, 3.05) is 7.11 Å². The number of rotatable bonds is 4. The minimum Gasteiger partial charge on any atom is -0.496 e. The molecule has 2 atom stereocenters. The van der Waals surface area contributed by atoms with E-state index in [1.165, 1.54) is 0 Å². The number of halogens is 1. The number of carbonyl (C=O) groups excluding carboxylic acids is 1. The summed E-state index contributed by atoms with van der Waals surface area (Å²) in [7, 11) is 1.54. The smallest absolute Gasteiger partial charge is 0.309 e. The Labute approximate surface area is 132 Å². The summed E-state index contributed by atoms with van der Waals surface area (Å²) in [4.78, 5) is 25.4. The second-order valence-corrected chi connectivity index (χ2v) is 6.29. The molecule has 1 N–H and O–H groups in total. The summed E-state index contributed by atoms with van der Waals surface area (Å²) in [6.45, 7) is 3.78. The van der Waals surface area contributed by atoms with E-state index >= 15 is 0 Å². The quantitative estimate of drug-likeness (QED) is 0.901. The van der Waals surface area contributed by atoms with Crippen LogP contribution in [0, 0.1) is 5.92 Å². The van der Waals surface area contributed by atoms with Crippen LogP contribution < -0.4 is 4.74 Å². The van der Waals surface area contributed by atoms with Crippen molar-refractivity contribution in [2.24, 2.45) is 5.92 Å². The highest BCUT2D eigenvalue weighted by Crippen LogP contribution is 2.43. The van der Waals surface area contributed by atoms with Gasteiger partial charge in [0.15, 0.2) is 0 Å². The van der Waals surface area contributed by atoms with E-state index in [0.29, 0.717) is 5.75 Å². The Morgan fingerprint density at radius 3 is 2.67 bits per heavy atom. The predicted octanol–water partition coefficient (Wildman–Crippen LogP) is 2.84. The van der Waals surface area contributed by atoms with Crippen LogP contribution in [0.4, 0.5) is 0 Å². The molecule has 2 rings (SSSR count). The Morgan fingerprint density at radius 2 is 2.14 bits per heavy atom. The standard InChI is InChI=1S/C15H18BrNO4/c1-8(2)17-13(18)7-11(15(19)20)14(17)10-6-9(16)4-5-12(10)21-3/h4-6,8,11,14H,7H2,1-3H3,(H,19,20). The lowest BCUT2D eigenvalue weighted by Crippen LogP contribution is -2.36. The van der Waals surface area contributed by atoms with Gasteiger partial charge in [0, 0.05) is 22.5 Å². The van der Waals surface area contributed by atoms with Crippen LogP contribution in [0.5, 0.6) is 5.75 Å². The Bertz CT molecular complexity index is 573. The van der Waals surface area contributed by atoms with Crippen molar-refractivity contribution in [1.82, 2.24) is 4.90 Å². The number of benzene rings is 1. The SMILES string of the molecule is COc1ccc(Br)cc1C1C(C(=O)O)CC(=O)N1C(C)C. The van der Waals surface area contributed by atoms with Gasteiger partial charge in [0.25, 0.3) is 0 Å². The number of amides is 1. The van der Waals surface area contributed by atoms with Gasteiger partial charge in [-0.1, -0.05) is 15.9 Å². The third-order valence-corrected chi connectivity index (χ3v) is 4.24. The van der Waals surface area contributed by atoms with Crippen LogP contribution in [-0.2, 0) is 9.59 Å². The number of nitrogens with zero attached hydrogens (tertiary/aromatic N) is 1. The average Bonchev–Trinajstić information content (AvgIpc) is 2.76. The van der Waals surface area contributed by atoms with E-state index in [1.807, 2.05) is 26.0 Å². The Morgan fingerprint density at radius 1 is 1.48 bits per heavy atom. The van der Waals surface area contributed by atoms with Crippen LogP contribution in [0.2, 0.25) is 0 Å². The number of hydrogen-bond acceptors (Lipinski definition) is 3. The van der Waals surface area contributed by atoms with E-state index in [0.717, 1.165) is 10.0 Å². The summed E-state index contributed by atoms with van der Waals surface area (Å²) in [6.07, 6.45) is 0.0217. The number of hydrogen-bond donors (Lipinski definition) is 1. The fourth-order valence-corrected chi connectivity index (χ4v) is 3.27. The highest BCUT2D eigenvalue weighted by molar-refractivity contribution is 9.10. The van der Waals surface area contributed by atoms with Crippen molar-refractivity contribution in [3.63, 3.8) is 0 Å². The van der Waals surface area contributed by atoms with Gasteiger partial charge in [-0.3, -0.25) is 9.59 Å². The molecule has 1 heterocycles. The van der Waals surface area contributed by atoms with Gasteiger partial charge in [-0.05, 0) is 32.0 Å². The van der Waals surface area contributed by atoms with Crippen LogP contribution in [0.1, 0.15) is 31.9 Å². The molecule has 0 bridgehead atoms. The lowest BCUT2D eigenvalue weighted by molar-refractivity contribution is -0.142. The fraction of sp³-hybridized carbons (Fsp3) is 0.467. The zero-order chi connectivity index (χ0) is 15.7. The largest absolute Gasteiger partial charge is 0.496 e. The second kappa shape index (κ2) is 6.05.